The van der Waals surface area contributed by atoms with Gasteiger partial charge in [0.2, 0.25) is 0 Å². The average Bonchev–Trinajstić information content (AvgIpc) is 3.45. The summed E-state index contributed by atoms with van der Waals surface area (Å²) >= 11 is 7.16. The lowest BCUT2D eigenvalue weighted by molar-refractivity contribution is 0.714. The molecule has 0 saturated heterocycles. The van der Waals surface area contributed by atoms with Gasteiger partial charge in [-0.25, -0.2) is 0 Å². The van der Waals surface area contributed by atoms with Crippen molar-refractivity contribution in [3.63, 3.8) is 0 Å². The molecule has 3 heteroatoms. The van der Waals surface area contributed by atoms with Gasteiger partial charge in [-0.1, -0.05) is 50.1 Å². The van der Waals surface area contributed by atoms with Crippen LogP contribution in [0, 0.1) is 13.8 Å². The zero-order chi connectivity index (χ0) is 23.4. The van der Waals surface area contributed by atoms with E-state index in [-0.39, 0.29) is 0 Å². The van der Waals surface area contributed by atoms with Gasteiger partial charge in [0, 0.05) is 26.0 Å². The Balaban J connectivity index is 1.42. The van der Waals surface area contributed by atoms with E-state index in [9.17, 15) is 0 Å². The maximum absolute atomic E-state index is 3.58. The van der Waals surface area contributed by atoms with Gasteiger partial charge in [0.25, 0.3) is 0 Å². The highest BCUT2D eigenvalue weighted by atomic mass is 79.9. The maximum Gasteiger partial charge on any atom is 0.0491 e. The summed E-state index contributed by atoms with van der Waals surface area (Å²) in [7, 11) is 0. The third-order valence-electron chi connectivity index (χ3n) is 7.64. The molecule has 2 aliphatic rings. The minimum absolute atomic E-state index is 0.782. The smallest absolute Gasteiger partial charge is 0.0491 e. The number of fused-ring (bicyclic) bond motifs is 5. The molecule has 2 unspecified atom stereocenters. The lowest BCUT2D eigenvalue weighted by Crippen LogP contribution is -2.11. The number of nitrogens with zero attached hydrogens (tertiary/aromatic N) is 1. The molecule has 170 valence electrons. The molecule has 0 N–H and O–H groups in total. The van der Waals surface area contributed by atoms with Crippen LogP contribution in [0.3, 0.4) is 0 Å². The van der Waals surface area contributed by atoms with E-state index in [2.05, 4.69) is 129 Å². The molecule has 4 aromatic carbocycles. The van der Waals surface area contributed by atoms with Crippen LogP contribution in [0.2, 0.25) is 0 Å². The standard InChI is InChI=1S/C31H27Br2N/c1-19-15-21(24-16-20(2)31-23-4-3-22(17-23)29(31)18-24)5-14-30(19)34(27-10-6-25(32)7-11-27)28-12-8-26(33)9-13-28/h5-16,18,22-23H,3-4,17H2,1-2H3. The zero-order valence-corrected chi connectivity index (χ0v) is 22.7. The second-order valence-electron chi connectivity index (χ2n) is 9.79. The third-order valence-corrected chi connectivity index (χ3v) is 8.70. The topological polar surface area (TPSA) is 3.24 Å². The van der Waals surface area contributed by atoms with Gasteiger partial charge in [-0.3, -0.25) is 0 Å². The first-order valence-electron chi connectivity index (χ1n) is 12.0. The van der Waals surface area contributed by atoms with Crippen LogP contribution in [-0.4, -0.2) is 0 Å². The normalized spacial score (nSPS) is 18.2. The quantitative estimate of drug-likeness (QED) is 0.235. The van der Waals surface area contributed by atoms with Crippen molar-refractivity contribution in [2.45, 2.75) is 44.9 Å². The summed E-state index contributed by atoms with van der Waals surface area (Å²) in [6, 6.07) is 28.9. The minimum Gasteiger partial charge on any atom is -0.310 e. The lowest BCUT2D eigenvalue weighted by Gasteiger charge is -2.27. The molecule has 6 rings (SSSR count). The second kappa shape index (κ2) is 8.70. The first-order valence-corrected chi connectivity index (χ1v) is 13.6. The van der Waals surface area contributed by atoms with Crippen LogP contribution in [0.5, 0.6) is 0 Å². The van der Waals surface area contributed by atoms with E-state index in [0.717, 1.165) is 32.2 Å². The molecule has 0 aromatic heterocycles. The molecule has 0 radical (unpaired) electrons. The van der Waals surface area contributed by atoms with Gasteiger partial charge in [-0.2, -0.15) is 0 Å². The van der Waals surface area contributed by atoms with E-state index < -0.39 is 0 Å². The van der Waals surface area contributed by atoms with Crippen molar-refractivity contribution < 1.29 is 0 Å². The number of hydrogen-bond acceptors (Lipinski definition) is 1. The van der Waals surface area contributed by atoms with Gasteiger partial charge in [0.05, 0.1) is 0 Å². The summed E-state index contributed by atoms with van der Waals surface area (Å²) in [6.45, 7) is 4.54. The number of benzene rings is 4. The van der Waals surface area contributed by atoms with Crippen LogP contribution >= 0.6 is 31.9 Å². The summed E-state index contributed by atoms with van der Waals surface area (Å²) in [6.07, 6.45) is 4.12. The summed E-state index contributed by atoms with van der Waals surface area (Å²) < 4.78 is 2.17. The summed E-state index contributed by atoms with van der Waals surface area (Å²) in [5.41, 5.74) is 12.2. The van der Waals surface area contributed by atoms with Gasteiger partial charge < -0.3 is 4.90 Å². The predicted octanol–water partition coefficient (Wildman–Crippen LogP) is 10.3. The molecule has 1 fully saturated rings. The molecule has 0 heterocycles. The highest BCUT2D eigenvalue weighted by molar-refractivity contribution is 9.10. The first kappa shape index (κ1) is 22.1. The lowest BCUT2D eigenvalue weighted by atomic mass is 9.86. The van der Waals surface area contributed by atoms with E-state index in [0.29, 0.717) is 0 Å². The molecule has 0 spiro atoms. The van der Waals surface area contributed by atoms with Crippen molar-refractivity contribution in [3.05, 3.63) is 110 Å². The summed E-state index contributed by atoms with van der Waals surface area (Å²) in [5.74, 6) is 1.59. The molecule has 0 aliphatic heterocycles. The summed E-state index contributed by atoms with van der Waals surface area (Å²) in [4.78, 5) is 2.34. The number of halogens is 2. The molecule has 2 atom stereocenters. The monoisotopic (exact) mass is 571 g/mol. The van der Waals surface area contributed by atoms with E-state index in [4.69, 9.17) is 0 Å². The van der Waals surface area contributed by atoms with Crippen molar-refractivity contribution in [1.82, 2.24) is 0 Å². The number of rotatable bonds is 4. The Hall–Kier alpha value is -2.36. The number of anilines is 3. The van der Waals surface area contributed by atoms with Crippen molar-refractivity contribution in [2.75, 3.05) is 4.90 Å². The van der Waals surface area contributed by atoms with Gasteiger partial charge in [0.1, 0.15) is 0 Å². The molecule has 2 bridgehead atoms. The molecular formula is C31H27Br2N. The Morgan fingerprint density at radius 2 is 1.24 bits per heavy atom. The van der Waals surface area contributed by atoms with Crippen LogP contribution in [0.15, 0.2) is 87.8 Å². The molecule has 0 amide bonds. The fourth-order valence-electron chi connectivity index (χ4n) is 6.11. The van der Waals surface area contributed by atoms with Gasteiger partial charge >= 0.3 is 0 Å². The minimum atomic E-state index is 0.782. The predicted molar refractivity (Wildman–Crippen MR) is 151 cm³/mol. The Morgan fingerprint density at radius 3 is 1.85 bits per heavy atom. The van der Waals surface area contributed by atoms with Crippen molar-refractivity contribution in [1.29, 1.82) is 0 Å². The first-order chi connectivity index (χ1) is 16.5. The molecule has 2 aliphatic carbocycles. The highest BCUT2D eigenvalue weighted by Crippen LogP contribution is 2.55. The summed E-state index contributed by atoms with van der Waals surface area (Å²) in [5, 5.41) is 0. The molecule has 1 saturated carbocycles. The Kier molecular flexibility index (Phi) is 5.66. The Bertz CT molecular complexity index is 1330. The van der Waals surface area contributed by atoms with Crippen molar-refractivity contribution >= 4 is 48.9 Å². The van der Waals surface area contributed by atoms with Crippen LogP contribution in [0.25, 0.3) is 11.1 Å². The second-order valence-corrected chi connectivity index (χ2v) is 11.6. The van der Waals surface area contributed by atoms with Crippen LogP contribution < -0.4 is 4.90 Å². The SMILES string of the molecule is Cc1cc(-c2cc(C)c3c(c2)C2CCC3C2)ccc1N(c1ccc(Br)cc1)c1ccc(Br)cc1. The average molecular weight is 573 g/mol. The zero-order valence-electron chi connectivity index (χ0n) is 19.5. The fraction of sp³-hybridized carbons (Fsp3) is 0.226. The van der Waals surface area contributed by atoms with E-state index in [1.165, 1.54) is 47.2 Å². The molecule has 1 nitrogen and oxygen atoms in total. The Morgan fingerprint density at radius 1 is 0.647 bits per heavy atom. The fourth-order valence-corrected chi connectivity index (χ4v) is 6.64. The van der Waals surface area contributed by atoms with Gasteiger partial charge in [0.15, 0.2) is 0 Å². The maximum atomic E-state index is 3.58. The van der Waals surface area contributed by atoms with Gasteiger partial charge in [-0.15, -0.1) is 0 Å². The number of hydrogen-bond donors (Lipinski definition) is 0. The van der Waals surface area contributed by atoms with E-state index in [1.54, 1.807) is 11.1 Å². The Labute approximate surface area is 219 Å². The van der Waals surface area contributed by atoms with Crippen LogP contribution in [0.1, 0.15) is 53.4 Å². The number of aryl methyl sites for hydroxylation is 2. The van der Waals surface area contributed by atoms with E-state index in [1.807, 2.05) is 0 Å². The largest absolute Gasteiger partial charge is 0.310 e. The van der Waals surface area contributed by atoms with Crippen LogP contribution in [-0.2, 0) is 0 Å². The van der Waals surface area contributed by atoms with E-state index >= 15 is 0 Å². The van der Waals surface area contributed by atoms with Crippen molar-refractivity contribution in [3.8, 4) is 11.1 Å². The van der Waals surface area contributed by atoms with Crippen LogP contribution in [0.4, 0.5) is 17.1 Å². The molecule has 34 heavy (non-hydrogen) atoms. The molecular weight excluding hydrogens is 546 g/mol. The highest BCUT2D eigenvalue weighted by Gasteiger charge is 2.37. The van der Waals surface area contributed by atoms with Crippen molar-refractivity contribution in [2.24, 2.45) is 0 Å². The third kappa shape index (κ3) is 3.83. The van der Waals surface area contributed by atoms with Gasteiger partial charge in [-0.05, 0) is 139 Å². The molecule has 4 aromatic rings.